The van der Waals surface area contributed by atoms with E-state index in [-0.39, 0.29) is 16.3 Å². The molecular formula is C12H7ClF2N2O. The van der Waals surface area contributed by atoms with Crippen molar-refractivity contribution in [1.29, 1.82) is 0 Å². The minimum Gasteiger partial charge on any atom is -0.322 e. The summed E-state index contributed by atoms with van der Waals surface area (Å²) in [6.45, 7) is 0. The van der Waals surface area contributed by atoms with Crippen LogP contribution in [0.15, 0.2) is 36.5 Å². The molecule has 92 valence electrons. The number of hydrogen-bond acceptors (Lipinski definition) is 2. The van der Waals surface area contributed by atoms with Crippen LogP contribution >= 0.6 is 11.6 Å². The number of halogens is 3. The van der Waals surface area contributed by atoms with Crippen molar-refractivity contribution in [3.05, 3.63) is 58.9 Å². The van der Waals surface area contributed by atoms with Gasteiger partial charge < -0.3 is 5.32 Å². The van der Waals surface area contributed by atoms with Crippen LogP contribution in [0.2, 0.25) is 5.02 Å². The molecular weight excluding hydrogens is 262 g/mol. The van der Waals surface area contributed by atoms with E-state index in [4.69, 9.17) is 11.6 Å². The van der Waals surface area contributed by atoms with E-state index in [1.165, 1.54) is 18.2 Å². The third-order valence-electron chi connectivity index (χ3n) is 2.17. The predicted molar refractivity (Wildman–Crippen MR) is 63.6 cm³/mol. The summed E-state index contributed by atoms with van der Waals surface area (Å²) in [6.07, 6.45) is 1.09. The number of carbonyl (C=O) groups excluding carboxylic acids is 1. The van der Waals surface area contributed by atoms with Crippen molar-refractivity contribution >= 4 is 23.2 Å². The summed E-state index contributed by atoms with van der Waals surface area (Å²) in [7, 11) is 0. The lowest BCUT2D eigenvalue weighted by atomic mass is 10.2. The lowest BCUT2D eigenvalue weighted by Gasteiger charge is -2.05. The van der Waals surface area contributed by atoms with Crippen LogP contribution in [0.5, 0.6) is 0 Å². The van der Waals surface area contributed by atoms with Gasteiger partial charge in [-0.15, -0.1) is 0 Å². The molecule has 1 aromatic carbocycles. The largest absolute Gasteiger partial charge is 0.322 e. The van der Waals surface area contributed by atoms with Crippen molar-refractivity contribution in [2.45, 2.75) is 0 Å². The van der Waals surface area contributed by atoms with E-state index < -0.39 is 17.7 Å². The Labute approximate surface area is 106 Å². The van der Waals surface area contributed by atoms with Gasteiger partial charge in [0.2, 0.25) is 5.95 Å². The maximum Gasteiger partial charge on any atom is 0.257 e. The fourth-order valence-electron chi connectivity index (χ4n) is 1.29. The van der Waals surface area contributed by atoms with Gasteiger partial charge in [-0.2, -0.15) is 4.39 Å². The second kappa shape index (κ2) is 5.10. The summed E-state index contributed by atoms with van der Waals surface area (Å²) in [4.78, 5) is 15.0. The van der Waals surface area contributed by atoms with Crippen molar-refractivity contribution in [1.82, 2.24) is 4.98 Å². The Morgan fingerprint density at radius 3 is 2.61 bits per heavy atom. The Morgan fingerprint density at radius 2 is 2.00 bits per heavy atom. The lowest BCUT2D eigenvalue weighted by Crippen LogP contribution is -2.12. The first-order valence-corrected chi connectivity index (χ1v) is 5.32. The van der Waals surface area contributed by atoms with Crippen LogP contribution in [0, 0.1) is 11.8 Å². The number of hydrogen-bond donors (Lipinski definition) is 1. The first-order valence-electron chi connectivity index (χ1n) is 4.94. The van der Waals surface area contributed by atoms with Crippen molar-refractivity contribution in [2.24, 2.45) is 0 Å². The van der Waals surface area contributed by atoms with Crippen LogP contribution in [0.1, 0.15) is 10.4 Å². The number of nitrogens with zero attached hydrogens (tertiary/aromatic N) is 1. The molecule has 0 atom stereocenters. The molecule has 0 saturated carbocycles. The van der Waals surface area contributed by atoms with Gasteiger partial charge in [0.05, 0.1) is 10.6 Å². The zero-order chi connectivity index (χ0) is 13.1. The molecule has 0 aliphatic rings. The standard InChI is InChI=1S/C12H7ClF2N2O/c13-9-3-2-8(5-10(9)14)17-12(18)7-1-4-11(15)16-6-7/h1-6H,(H,17,18). The Bertz CT molecular complexity index is 587. The SMILES string of the molecule is O=C(Nc1ccc(Cl)c(F)c1)c1ccc(F)nc1. The quantitative estimate of drug-likeness (QED) is 0.850. The lowest BCUT2D eigenvalue weighted by molar-refractivity contribution is 0.102. The fraction of sp³-hybridized carbons (Fsp3) is 0. The molecule has 0 fully saturated rings. The third kappa shape index (κ3) is 2.81. The average molecular weight is 269 g/mol. The first-order chi connectivity index (χ1) is 8.56. The molecule has 3 nitrogen and oxygen atoms in total. The molecule has 2 aromatic rings. The molecule has 1 N–H and O–H groups in total. The maximum atomic E-state index is 13.1. The molecule has 1 amide bonds. The normalized spacial score (nSPS) is 10.2. The van der Waals surface area contributed by atoms with Gasteiger partial charge >= 0.3 is 0 Å². The van der Waals surface area contributed by atoms with Crippen LogP contribution in [0.25, 0.3) is 0 Å². The van der Waals surface area contributed by atoms with E-state index in [1.807, 2.05) is 0 Å². The smallest absolute Gasteiger partial charge is 0.257 e. The first kappa shape index (κ1) is 12.4. The maximum absolute atomic E-state index is 13.1. The molecule has 0 aliphatic carbocycles. The highest BCUT2D eigenvalue weighted by Crippen LogP contribution is 2.19. The van der Waals surface area contributed by atoms with E-state index in [0.29, 0.717) is 0 Å². The topological polar surface area (TPSA) is 42.0 Å². The Kier molecular flexibility index (Phi) is 3.53. The summed E-state index contributed by atoms with van der Waals surface area (Å²) in [5.74, 6) is -1.82. The number of amides is 1. The summed E-state index contributed by atoms with van der Waals surface area (Å²) in [6, 6.07) is 6.23. The molecule has 0 radical (unpaired) electrons. The second-order valence-electron chi connectivity index (χ2n) is 3.45. The number of carbonyl (C=O) groups is 1. The van der Waals surface area contributed by atoms with Crippen molar-refractivity contribution < 1.29 is 13.6 Å². The minimum absolute atomic E-state index is 0.0311. The van der Waals surface area contributed by atoms with Crippen LogP contribution < -0.4 is 5.32 Å². The van der Waals surface area contributed by atoms with Crippen molar-refractivity contribution in [3.8, 4) is 0 Å². The molecule has 0 unspecified atom stereocenters. The van der Waals surface area contributed by atoms with E-state index in [1.54, 1.807) is 0 Å². The summed E-state index contributed by atoms with van der Waals surface area (Å²) >= 11 is 5.51. The van der Waals surface area contributed by atoms with Gasteiger partial charge in [-0.25, -0.2) is 9.37 Å². The van der Waals surface area contributed by atoms with Gasteiger partial charge in [0.25, 0.3) is 5.91 Å². The van der Waals surface area contributed by atoms with Crippen LogP contribution in [-0.2, 0) is 0 Å². The number of nitrogens with one attached hydrogen (secondary N) is 1. The van der Waals surface area contributed by atoms with Crippen LogP contribution in [0.3, 0.4) is 0 Å². The van der Waals surface area contributed by atoms with Crippen LogP contribution in [-0.4, -0.2) is 10.9 Å². The molecule has 1 heterocycles. The van der Waals surface area contributed by atoms with E-state index in [9.17, 15) is 13.6 Å². The molecule has 0 aliphatic heterocycles. The number of anilines is 1. The van der Waals surface area contributed by atoms with E-state index in [2.05, 4.69) is 10.3 Å². The Balaban J connectivity index is 2.16. The average Bonchev–Trinajstić information content (AvgIpc) is 2.34. The molecule has 1 aromatic heterocycles. The van der Waals surface area contributed by atoms with Gasteiger partial charge in [0.15, 0.2) is 0 Å². The summed E-state index contributed by atoms with van der Waals surface area (Å²) < 4.78 is 25.7. The van der Waals surface area contributed by atoms with Crippen molar-refractivity contribution in [3.63, 3.8) is 0 Å². The number of aromatic nitrogens is 1. The minimum atomic E-state index is -0.677. The highest BCUT2D eigenvalue weighted by atomic mass is 35.5. The molecule has 0 spiro atoms. The predicted octanol–water partition coefficient (Wildman–Crippen LogP) is 3.27. The highest BCUT2D eigenvalue weighted by Gasteiger charge is 2.08. The fourth-order valence-corrected chi connectivity index (χ4v) is 1.40. The zero-order valence-corrected chi connectivity index (χ0v) is 9.71. The summed E-state index contributed by atoms with van der Waals surface area (Å²) in [5.41, 5.74) is 0.429. The zero-order valence-electron chi connectivity index (χ0n) is 8.95. The number of benzene rings is 1. The summed E-state index contributed by atoms with van der Waals surface area (Å²) in [5, 5.41) is 2.41. The highest BCUT2D eigenvalue weighted by molar-refractivity contribution is 6.30. The van der Waals surface area contributed by atoms with Gasteiger partial charge in [0.1, 0.15) is 5.82 Å². The molecule has 0 saturated heterocycles. The monoisotopic (exact) mass is 268 g/mol. The molecule has 18 heavy (non-hydrogen) atoms. The Hall–Kier alpha value is -2.01. The Morgan fingerprint density at radius 1 is 1.22 bits per heavy atom. The second-order valence-corrected chi connectivity index (χ2v) is 3.86. The van der Waals surface area contributed by atoms with E-state index >= 15 is 0 Å². The molecule has 0 bridgehead atoms. The number of rotatable bonds is 2. The molecule has 2 rings (SSSR count). The molecule has 6 heteroatoms. The van der Waals surface area contributed by atoms with Gasteiger partial charge in [-0.3, -0.25) is 4.79 Å². The van der Waals surface area contributed by atoms with Gasteiger partial charge in [0, 0.05) is 11.9 Å². The van der Waals surface area contributed by atoms with E-state index in [0.717, 1.165) is 18.3 Å². The van der Waals surface area contributed by atoms with Crippen LogP contribution in [0.4, 0.5) is 14.5 Å². The van der Waals surface area contributed by atoms with Gasteiger partial charge in [-0.1, -0.05) is 11.6 Å². The van der Waals surface area contributed by atoms with Crippen molar-refractivity contribution in [2.75, 3.05) is 5.32 Å². The number of pyridine rings is 1. The third-order valence-corrected chi connectivity index (χ3v) is 2.47. The van der Waals surface area contributed by atoms with Gasteiger partial charge in [-0.05, 0) is 30.3 Å².